The van der Waals surface area contributed by atoms with Crippen molar-refractivity contribution in [1.82, 2.24) is 5.32 Å². The summed E-state index contributed by atoms with van der Waals surface area (Å²) in [5.41, 5.74) is 2.54. The molecule has 2 nitrogen and oxygen atoms in total. The van der Waals surface area contributed by atoms with Gasteiger partial charge in [0, 0.05) is 16.1 Å². The number of ether oxygens (including phenoxy) is 1. The van der Waals surface area contributed by atoms with Crippen LogP contribution in [0.5, 0.6) is 5.75 Å². The van der Waals surface area contributed by atoms with Gasteiger partial charge in [0.25, 0.3) is 0 Å². The van der Waals surface area contributed by atoms with Crippen molar-refractivity contribution < 1.29 is 4.74 Å². The van der Waals surface area contributed by atoms with Gasteiger partial charge >= 0.3 is 0 Å². The molecule has 0 aliphatic heterocycles. The van der Waals surface area contributed by atoms with Gasteiger partial charge in [0.15, 0.2) is 0 Å². The molecule has 0 radical (unpaired) electrons. The summed E-state index contributed by atoms with van der Waals surface area (Å²) in [5, 5.41) is 3.63. The van der Waals surface area contributed by atoms with Gasteiger partial charge in [0.2, 0.25) is 0 Å². The average Bonchev–Trinajstić information content (AvgIpc) is 2.53. The van der Waals surface area contributed by atoms with E-state index in [2.05, 4.69) is 64.6 Å². The van der Waals surface area contributed by atoms with Crippen LogP contribution in [0.25, 0.3) is 0 Å². The van der Waals surface area contributed by atoms with Crippen LogP contribution in [0.1, 0.15) is 30.5 Å². The number of hydrogen-bond acceptors (Lipinski definition) is 2. The zero-order valence-corrected chi connectivity index (χ0v) is 14.2. The van der Waals surface area contributed by atoms with Crippen LogP contribution in [0.15, 0.2) is 53.0 Å². The van der Waals surface area contributed by atoms with E-state index in [1.807, 2.05) is 12.1 Å². The monoisotopic (exact) mass is 347 g/mol. The molecule has 0 aromatic heterocycles. The third-order valence-corrected chi connectivity index (χ3v) is 4.04. The molecule has 0 saturated heterocycles. The molecule has 0 aliphatic carbocycles. The molecule has 112 valence electrons. The van der Waals surface area contributed by atoms with Crippen LogP contribution in [0, 0.1) is 0 Å². The number of rotatable bonds is 7. The van der Waals surface area contributed by atoms with E-state index in [1.165, 1.54) is 11.1 Å². The van der Waals surface area contributed by atoms with Crippen molar-refractivity contribution in [2.75, 3.05) is 13.7 Å². The second kappa shape index (κ2) is 8.20. The van der Waals surface area contributed by atoms with Crippen LogP contribution in [-0.2, 0) is 6.42 Å². The number of benzene rings is 2. The largest absolute Gasteiger partial charge is 0.496 e. The number of methoxy groups -OCH3 is 1. The molecule has 2 aromatic carbocycles. The van der Waals surface area contributed by atoms with Crippen molar-refractivity contribution >= 4 is 15.9 Å². The van der Waals surface area contributed by atoms with Crippen LogP contribution in [0.3, 0.4) is 0 Å². The molecular formula is C18H22BrNO. The summed E-state index contributed by atoms with van der Waals surface area (Å²) >= 11 is 3.49. The summed E-state index contributed by atoms with van der Waals surface area (Å²) in [5.74, 6) is 0.947. The standard InChI is InChI=1S/C18H22BrNO/c1-3-12-20-17(13-14-8-10-15(19)11-9-14)16-6-4-5-7-18(16)21-2/h4-11,17,20H,3,12-13H2,1-2H3. The maximum absolute atomic E-state index is 5.52. The minimum atomic E-state index is 0.266. The van der Waals surface area contributed by atoms with E-state index in [-0.39, 0.29) is 6.04 Å². The first-order valence-electron chi connectivity index (χ1n) is 7.35. The van der Waals surface area contributed by atoms with Crippen molar-refractivity contribution in [3.05, 3.63) is 64.1 Å². The number of nitrogens with one attached hydrogen (secondary N) is 1. The fourth-order valence-electron chi connectivity index (χ4n) is 2.42. The van der Waals surface area contributed by atoms with E-state index in [0.717, 1.165) is 29.6 Å². The van der Waals surface area contributed by atoms with Gasteiger partial charge in [0.1, 0.15) is 5.75 Å². The molecule has 3 heteroatoms. The van der Waals surface area contributed by atoms with Gasteiger partial charge in [-0.15, -0.1) is 0 Å². The van der Waals surface area contributed by atoms with Crippen molar-refractivity contribution in [2.24, 2.45) is 0 Å². The summed E-state index contributed by atoms with van der Waals surface area (Å²) in [6.45, 7) is 3.19. The molecular weight excluding hydrogens is 326 g/mol. The molecule has 0 heterocycles. The van der Waals surface area contributed by atoms with Gasteiger partial charge in [-0.05, 0) is 43.1 Å². The lowest BCUT2D eigenvalue weighted by Gasteiger charge is -2.21. The molecule has 2 rings (SSSR count). The highest BCUT2D eigenvalue weighted by Crippen LogP contribution is 2.27. The molecule has 0 fully saturated rings. The third-order valence-electron chi connectivity index (χ3n) is 3.51. The molecule has 1 unspecified atom stereocenters. The Morgan fingerprint density at radius 2 is 1.81 bits per heavy atom. The molecule has 0 amide bonds. The maximum atomic E-state index is 5.52. The number of hydrogen-bond donors (Lipinski definition) is 1. The van der Waals surface area contributed by atoms with Crippen LogP contribution >= 0.6 is 15.9 Å². The minimum Gasteiger partial charge on any atom is -0.496 e. The summed E-state index contributed by atoms with van der Waals surface area (Å²) in [6, 6.07) is 17.0. The van der Waals surface area contributed by atoms with E-state index >= 15 is 0 Å². The topological polar surface area (TPSA) is 21.3 Å². The van der Waals surface area contributed by atoms with Crippen LogP contribution in [0.4, 0.5) is 0 Å². The van der Waals surface area contributed by atoms with E-state index in [4.69, 9.17) is 4.74 Å². The first kappa shape index (κ1) is 16.1. The second-order valence-electron chi connectivity index (χ2n) is 5.08. The summed E-state index contributed by atoms with van der Waals surface area (Å²) in [7, 11) is 1.73. The highest BCUT2D eigenvalue weighted by atomic mass is 79.9. The second-order valence-corrected chi connectivity index (χ2v) is 5.99. The Morgan fingerprint density at radius 1 is 1.10 bits per heavy atom. The van der Waals surface area contributed by atoms with Crippen molar-refractivity contribution in [3.8, 4) is 5.75 Å². The van der Waals surface area contributed by atoms with Crippen LogP contribution in [0.2, 0.25) is 0 Å². The lowest BCUT2D eigenvalue weighted by atomic mass is 9.98. The predicted octanol–water partition coefficient (Wildman–Crippen LogP) is 4.74. The first-order chi connectivity index (χ1) is 10.2. The fraction of sp³-hybridized carbons (Fsp3) is 0.333. The molecule has 2 aromatic rings. The molecule has 21 heavy (non-hydrogen) atoms. The Labute approximate surface area is 135 Å². The normalized spacial score (nSPS) is 12.1. The van der Waals surface area contributed by atoms with E-state index < -0.39 is 0 Å². The van der Waals surface area contributed by atoms with Gasteiger partial charge in [0.05, 0.1) is 7.11 Å². The average molecular weight is 348 g/mol. The van der Waals surface area contributed by atoms with E-state index in [0.29, 0.717) is 0 Å². The molecule has 0 aliphatic rings. The highest BCUT2D eigenvalue weighted by molar-refractivity contribution is 9.10. The summed E-state index contributed by atoms with van der Waals surface area (Å²) < 4.78 is 6.63. The van der Waals surface area contributed by atoms with Crippen LogP contribution < -0.4 is 10.1 Å². The molecule has 0 saturated carbocycles. The van der Waals surface area contributed by atoms with Gasteiger partial charge in [-0.3, -0.25) is 0 Å². The molecule has 1 N–H and O–H groups in total. The Kier molecular flexibility index (Phi) is 6.27. The zero-order chi connectivity index (χ0) is 15.1. The van der Waals surface area contributed by atoms with E-state index in [9.17, 15) is 0 Å². The Morgan fingerprint density at radius 3 is 2.48 bits per heavy atom. The van der Waals surface area contributed by atoms with Gasteiger partial charge in [-0.25, -0.2) is 0 Å². The Hall–Kier alpha value is -1.32. The molecule has 0 bridgehead atoms. The predicted molar refractivity (Wildman–Crippen MR) is 91.9 cm³/mol. The van der Waals surface area contributed by atoms with Gasteiger partial charge in [-0.2, -0.15) is 0 Å². The minimum absolute atomic E-state index is 0.266. The quantitative estimate of drug-likeness (QED) is 0.780. The van der Waals surface area contributed by atoms with Crippen molar-refractivity contribution in [1.29, 1.82) is 0 Å². The van der Waals surface area contributed by atoms with Crippen LogP contribution in [-0.4, -0.2) is 13.7 Å². The van der Waals surface area contributed by atoms with Gasteiger partial charge < -0.3 is 10.1 Å². The maximum Gasteiger partial charge on any atom is 0.123 e. The Bertz CT molecular complexity index is 553. The van der Waals surface area contributed by atoms with Crippen molar-refractivity contribution in [3.63, 3.8) is 0 Å². The molecule has 1 atom stereocenters. The lowest BCUT2D eigenvalue weighted by Crippen LogP contribution is -2.24. The van der Waals surface area contributed by atoms with Crippen molar-refractivity contribution in [2.45, 2.75) is 25.8 Å². The van der Waals surface area contributed by atoms with Gasteiger partial charge in [-0.1, -0.05) is 53.2 Å². The summed E-state index contributed by atoms with van der Waals surface area (Å²) in [4.78, 5) is 0. The smallest absolute Gasteiger partial charge is 0.123 e. The highest BCUT2D eigenvalue weighted by Gasteiger charge is 2.15. The fourth-order valence-corrected chi connectivity index (χ4v) is 2.69. The number of halogens is 1. The Balaban J connectivity index is 2.23. The third kappa shape index (κ3) is 4.58. The zero-order valence-electron chi connectivity index (χ0n) is 12.6. The lowest BCUT2D eigenvalue weighted by molar-refractivity contribution is 0.398. The number of para-hydroxylation sites is 1. The summed E-state index contributed by atoms with van der Waals surface area (Å²) in [6.07, 6.45) is 2.07. The first-order valence-corrected chi connectivity index (χ1v) is 8.14. The molecule has 0 spiro atoms. The van der Waals surface area contributed by atoms with E-state index in [1.54, 1.807) is 7.11 Å². The SMILES string of the molecule is CCCNC(Cc1ccc(Br)cc1)c1ccccc1OC.